The van der Waals surface area contributed by atoms with Crippen LogP contribution >= 0.6 is 0 Å². The van der Waals surface area contributed by atoms with Gasteiger partial charge in [-0.15, -0.1) is 0 Å². The van der Waals surface area contributed by atoms with Crippen molar-refractivity contribution in [3.63, 3.8) is 0 Å². The Kier molecular flexibility index (Phi) is 20.1. The number of phenols is 1. The summed E-state index contributed by atoms with van der Waals surface area (Å²) in [5, 5.41) is 13.3. The predicted octanol–water partition coefficient (Wildman–Crippen LogP) is 0.644. The average Bonchev–Trinajstić information content (AvgIpc) is 2.90. The maximum atomic E-state index is 9.90. The molecule has 0 radical (unpaired) electrons. The van der Waals surface area contributed by atoms with Crippen molar-refractivity contribution in [2.24, 2.45) is 5.73 Å². The monoisotopic (exact) mass is 737 g/mol. The van der Waals surface area contributed by atoms with Gasteiger partial charge in [0.25, 0.3) is 0 Å². The van der Waals surface area contributed by atoms with Gasteiger partial charge in [0.1, 0.15) is 11.5 Å². The topological polar surface area (TPSA) is 67.5 Å². The Morgan fingerprint density at radius 3 is 1.84 bits per heavy atom. The van der Waals surface area contributed by atoms with E-state index in [1.165, 1.54) is 48.8 Å². The molecule has 0 unspecified atom stereocenters. The van der Waals surface area contributed by atoms with Gasteiger partial charge in [-0.1, -0.05) is 80.3 Å². The van der Waals surface area contributed by atoms with E-state index in [0.717, 1.165) is 42.8 Å². The fourth-order valence-corrected chi connectivity index (χ4v) is 4.44. The predicted molar refractivity (Wildman–Crippen MR) is 148 cm³/mol. The number of benzene rings is 3. The van der Waals surface area contributed by atoms with Crippen molar-refractivity contribution in [2.75, 3.05) is 26.7 Å². The van der Waals surface area contributed by atoms with Crippen molar-refractivity contribution in [2.45, 2.75) is 44.9 Å². The standard InChI is InChI=1S/C31H40N2O2.2ClH.Pt/c1-35-29-20-16-27(17-21-29)31(26-14-18-28(34)19-15-26)30(25-11-7-6-8-12-25)13-9-4-2-3-5-10-23-33-24-22-32;;;/h6-8,11-12,14-21,33-34H,2-5,9-10,13,22-24,32H2,1H3;2*1H;/q;;;+2/p-2/b31-30-;;;. The first-order valence-electron chi connectivity index (χ1n) is 12.9. The third kappa shape index (κ3) is 11.9. The molecule has 3 aromatic rings. The number of hydrogen-bond donors (Lipinski definition) is 3. The molecule has 0 aliphatic rings. The summed E-state index contributed by atoms with van der Waals surface area (Å²) in [4.78, 5) is 0. The third-order valence-corrected chi connectivity index (χ3v) is 6.31. The van der Waals surface area contributed by atoms with E-state index in [1.807, 2.05) is 24.3 Å². The van der Waals surface area contributed by atoms with Crippen molar-refractivity contribution < 1.29 is 55.7 Å². The Bertz CT molecular complexity index is 1030. The molecule has 0 atom stereocenters. The third-order valence-electron chi connectivity index (χ3n) is 6.31. The quantitative estimate of drug-likeness (QED) is 0.159. The minimum atomic E-state index is 0. The normalized spacial score (nSPS) is 10.9. The zero-order valence-electron chi connectivity index (χ0n) is 22.1. The molecule has 3 aromatic carbocycles. The van der Waals surface area contributed by atoms with Crippen LogP contribution < -0.4 is 40.6 Å². The number of halogens is 2. The summed E-state index contributed by atoms with van der Waals surface area (Å²) in [7, 11) is 1.69. The molecular formula is C31H40Cl2N2O2Pt. The second-order valence-corrected chi connectivity index (χ2v) is 8.90. The van der Waals surface area contributed by atoms with E-state index in [-0.39, 0.29) is 51.6 Å². The van der Waals surface area contributed by atoms with Crippen molar-refractivity contribution in [3.8, 4) is 11.5 Å². The first kappa shape index (κ1) is 36.2. The summed E-state index contributed by atoms with van der Waals surface area (Å²) in [6, 6.07) is 26.5. The Balaban J connectivity index is 0.00000456. The second kappa shape index (κ2) is 21.1. The van der Waals surface area contributed by atoms with Crippen molar-refractivity contribution in [3.05, 3.63) is 95.6 Å². The molecule has 7 heteroatoms. The van der Waals surface area contributed by atoms with Gasteiger partial charge in [0.15, 0.2) is 0 Å². The van der Waals surface area contributed by atoms with Crippen LogP contribution in [0.2, 0.25) is 0 Å². The first-order valence-corrected chi connectivity index (χ1v) is 12.9. The summed E-state index contributed by atoms with van der Waals surface area (Å²) in [6.45, 7) is 2.68. The molecule has 210 valence electrons. The van der Waals surface area contributed by atoms with Gasteiger partial charge in [-0.05, 0) is 77.9 Å². The second-order valence-electron chi connectivity index (χ2n) is 8.90. The molecule has 0 amide bonds. The van der Waals surface area contributed by atoms with Gasteiger partial charge in [-0.2, -0.15) is 0 Å². The van der Waals surface area contributed by atoms with Crippen LogP contribution in [0.25, 0.3) is 11.1 Å². The number of phenolic OH excluding ortho intramolecular Hbond substituents is 1. The van der Waals surface area contributed by atoms with Crippen molar-refractivity contribution in [1.82, 2.24) is 5.32 Å². The molecule has 38 heavy (non-hydrogen) atoms. The number of allylic oxidation sites excluding steroid dienone is 1. The van der Waals surface area contributed by atoms with Crippen LogP contribution in [-0.2, 0) is 21.1 Å². The van der Waals surface area contributed by atoms with Gasteiger partial charge in [0, 0.05) is 13.1 Å². The van der Waals surface area contributed by atoms with E-state index in [4.69, 9.17) is 10.5 Å². The molecule has 0 aliphatic carbocycles. The van der Waals surface area contributed by atoms with Crippen LogP contribution in [0, 0.1) is 0 Å². The van der Waals surface area contributed by atoms with E-state index in [0.29, 0.717) is 6.54 Å². The molecule has 0 fully saturated rings. The summed E-state index contributed by atoms with van der Waals surface area (Å²) < 4.78 is 5.40. The molecular weight excluding hydrogens is 698 g/mol. The molecule has 0 heterocycles. The van der Waals surface area contributed by atoms with Crippen LogP contribution in [0.3, 0.4) is 0 Å². The Morgan fingerprint density at radius 1 is 0.711 bits per heavy atom. The van der Waals surface area contributed by atoms with E-state index < -0.39 is 0 Å². The van der Waals surface area contributed by atoms with Gasteiger partial charge in [0.05, 0.1) is 7.11 Å². The molecule has 0 aromatic heterocycles. The first-order chi connectivity index (χ1) is 17.2. The average molecular weight is 739 g/mol. The number of hydrogen-bond acceptors (Lipinski definition) is 4. The Hall–Kier alpha value is -1.81. The number of unbranched alkanes of at least 4 members (excludes halogenated alkanes) is 5. The Morgan fingerprint density at radius 2 is 1.26 bits per heavy atom. The zero-order chi connectivity index (χ0) is 24.7. The number of methoxy groups -OCH3 is 1. The summed E-state index contributed by atoms with van der Waals surface area (Å²) in [5.74, 6) is 1.13. The maximum Gasteiger partial charge on any atom is 2.00 e. The van der Waals surface area contributed by atoms with E-state index in [1.54, 1.807) is 19.2 Å². The molecule has 4 nitrogen and oxygen atoms in total. The van der Waals surface area contributed by atoms with Crippen LogP contribution in [0.4, 0.5) is 0 Å². The molecule has 0 aliphatic heterocycles. The molecule has 0 spiro atoms. The number of ether oxygens (including phenoxy) is 1. The van der Waals surface area contributed by atoms with Crippen molar-refractivity contribution >= 4 is 11.1 Å². The van der Waals surface area contributed by atoms with Gasteiger partial charge in [-0.25, -0.2) is 0 Å². The minimum absolute atomic E-state index is 0. The summed E-state index contributed by atoms with van der Waals surface area (Å²) in [6.07, 6.45) is 8.39. The number of nitrogens with two attached hydrogens (primary N) is 1. The largest absolute Gasteiger partial charge is 2.00 e. The van der Waals surface area contributed by atoms with E-state index in [2.05, 4.69) is 47.8 Å². The smallest absolute Gasteiger partial charge is 1.00 e. The number of aromatic hydroxyl groups is 1. The summed E-state index contributed by atoms with van der Waals surface area (Å²) in [5.41, 5.74) is 11.6. The SMILES string of the molecule is COc1ccc(/C(=C(/CCCCCCCCNCCN)c2ccccc2)c2ccc(O)cc2)cc1.[Cl-].[Cl-].[Pt+2]. The minimum Gasteiger partial charge on any atom is -1.00 e. The van der Waals surface area contributed by atoms with E-state index >= 15 is 0 Å². The van der Waals surface area contributed by atoms with Gasteiger partial charge in [-0.3, -0.25) is 0 Å². The molecule has 0 saturated heterocycles. The van der Waals surface area contributed by atoms with Crippen molar-refractivity contribution in [1.29, 1.82) is 0 Å². The number of rotatable bonds is 15. The fraction of sp³-hybridized carbons (Fsp3) is 0.355. The molecule has 0 bridgehead atoms. The number of nitrogens with one attached hydrogen (secondary N) is 1. The summed E-state index contributed by atoms with van der Waals surface area (Å²) >= 11 is 0. The van der Waals surface area contributed by atoms with Crippen LogP contribution in [-0.4, -0.2) is 31.9 Å². The van der Waals surface area contributed by atoms with Crippen LogP contribution in [0.1, 0.15) is 61.6 Å². The molecule has 3 rings (SSSR count). The zero-order valence-corrected chi connectivity index (χ0v) is 25.9. The van der Waals surface area contributed by atoms with E-state index in [9.17, 15) is 5.11 Å². The van der Waals surface area contributed by atoms with Gasteiger partial charge < -0.3 is 45.7 Å². The maximum absolute atomic E-state index is 9.90. The van der Waals surface area contributed by atoms with Gasteiger partial charge >= 0.3 is 21.1 Å². The van der Waals surface area contributed by atoms with Crippen LogP contribution in [0.5, 0.6) is 11.5 Å². The molecule has 4 N–H and O–H groups in total. The molecule has 0 saturated carbocycles. The van der Waals surface area contributed by atoms with Gasteiger partial charge in [0.2, 0.25) is 0 Å². The Labute approximate surface area is 255 Å². The van der Waals surface area contributed by atoms with Crippen LogP contribution in [0.15, 0.2) is 78.9 Å². The fourth-order valence-electron chi connectivity index (χ4n) is 4.44.